The molecule has 0 aliphatic carbocycles. The first-order valence-electron chi connectivity index (χ1n) is 5.93. The molecule has 0 radical (unpaired) electrons. The highest BCUT2D eigenvalue weighted by atomic mass is 35.5. The largest absolute Gasteiger partial charge is 0.342 e. The van der Waals surface area contributed by atoms with Crippen LogP contribution >= 0.6 is 11.6 Å². The number of hydrogen-bond donors (Lipinski definition) is 1. The molecule has 2 nitrogen and oxygen atoms in total. The molecule has 0 amide bonds. The molecule has 1 aromatic heterocycles. The minimum Gasteiger partial charge on any atom is -0.342 e. The van der Waals surface area contributed by atoms with Crippen molar-refractivity contribution in [2.75, 3.05) is 0 Å². The lowest BCUT2D eigenvalue weighted by atomic mass is 10.1. The lowest BCUT2D eigenvalue weighted by Gasteiger charge is -1.95. The number of nitrogens with zero attached hydrogens (tertiary/aromatic N) is 1. The number of nitrogens with one attached hydrogen (secondary N) is 1. The first-order chi connectivity index (χ1) is 7.79. The Balaban J connectivity index is 2.02. The van der Waals surface area contributed by atoms with E-state index < -0.39 is 0 Å². The molecule has 3 heteroatoms. The van der Waals surface area contributed by atoms with E-state index in [0.29, 0.717) is 0 Å². The smallest absolute Gasteiger partial charge is 0.107 e. The van der Waals surface area contributed by atoms with E-state index in [1.54, 1.807) is 0 Å². The number of aromatic amines is 1. The maximum atomic E-state index is 5.93. The highest BCUT2D eigenvalue weighted by Gasteiger charge is 2.02. The van der Waals surface area contributed by atoms with Crippen LogP contribution in [0.4, 0.5) is 0 Å². The molecule has 0 aliphatic heterocycles. The molecule has 0 saturated carbocycles. The van der Waals surface area contributed by atoms with Crippen LogP contribution in [0.1, 0.15) is 38.4 Å². The molecule has 2 rings (SSSR count). The zero-order valence-electron chi connectivity index (χ0n) is 9.59. The van der Waals surface area contributed by atoms with Gasteiger partial charge in [0.25, 0.3) is 0 Å². The first kappa shape index (κ1) is 11.5. The fourth-order valence-electron chi connectivity index (χ4n) is 1.87. The molecule has 1 aromatic carbocycles. The van der Waals surface area contributed by atoms with Crippen LogP contribution in [0.2, 0.25) is 5.02 Å². The molecule has 0 spiro atoms. The van der Waals surface area contributed by atoms with E-state index in [0.717, 1.165) is 28.3 Å². The zero-order chi connectivity index (χ0) is 11.4. The third-order valence-electron chi connectivity index (χ3n) is 2.76. The molecule has 0 bridgehead atoms. The number of benzene rings is 1. The summed E-state index contributed by atoms with van der Waals surface area (Å²) >= 11 is 5.93. The lowest BCUT2D eigenvalue weighted by molar-refractivity contribution is 0.656. The molecule has 0 saturated heterocycles. The van der Waals surface area contributed by atoms with Crippen LogP contribution in [0.25, 0.3) is 11.0 Å². The SMILES string of the molecule is CCCCCCc1nc2ccc(Cl)cc2[nH]1. The van der Waals surface area contributed by atoms with Crippen LogP contribution in [0, 0.1) is 0 Å². The predicted octanol–water partition coefficient (Wildman–Crippen LogP) is 4.34. The summed E-state index contributed by atoms with van der Waals surface area (Å²) in [6.07, 6.45) is 6.11. The van der Waals surface area contributed by atoms with Crippen LogP contribution in [-0.4, -0.2) is 9.97 Å². The first-order valence-corrected chi connectivity index (χ1v) is 6.31. The van der Waals surface area contributed by atoms with Gasteiger partial charge < -0.3 is 4.98 Å². The Bertz CT molecular complexity index is 462. The fourth-order valence-corrected chi connectivity index (χ4v) is 2.04. The maximum absolute atomic E-state index is 5.93. The van der Waals surface area contributed by atoms with E-state index in [1.807, 2.05) is 18.2 Å². The number of imidazole rings is 1. The van der Waals surface area contributed by atoms with E-state index >= 15 is 0 Å². The van der Waals surface area contributed by atoms with Crippen LogP contribution in [0.5, 0.6) is 0 Å². The molecule has 0 aliphatic rings. The topological polar surface area (TPSA) is 28.7 Å². The summed E-state index contributed by atoms with van der Waals surface area (Å²) < 4.78 is 0. The van der Waals surface area contributed by atoms with Crippen molar-refractivity contribution >= 4 is 22.6 Å². The monoisotopic (exact) mass is 236 g/mol. The Hall–Kier alpha value is -1.02. The number of unbranched alkanes of at least 4 members (excludes halogenated alkanes) is 3. The van der Waals surface area contributed by atoms with E-state index in [-0.39, 0.29) is 0 Å². The van der Waals surface area contributed by atoms with Gasteiger partial charge in [-0.3, -0.25) is 0 Å². The van der Waals surface area contributed by atoms with Gasteiger partial charge in [0.1, 0.15) is 5.82 Å². The number of rotatable bonds is 5. The van der Waals surface area contributed by atoms with Crippen molar-refractivity contribution in [3.05, 3.63) is 29.0 Å². The van der Waals surface area contributed by atoms with Gasteiger partial charge in [-0.15, -0.1) is 0 Å². The number of halogens is 1. The number of H-pyrrole nitrogens is 1. The van der Waals surface area contributed by atoms with Crippen molar-refractivity contribution in [1.82, 2.24) is 9.97 Å². The normalized spacial score (nSPS) is 11.1. The quantitative estimate of drug-likeness (QED) is 0.769. The summed E-state index contributed by atoms with van der Waals surface area (Å²) in [5, 5.41) is 0.758. The van der Waals surface area contributed by atoms with Gasteiger partial charge in [0.05, 0.1) is 11.0 Å². The predicted molar refractivity (Wildman–Crippen MR) is 68.9 cm³/mol. The molecule has 2 aromatic rings. The van der Waals surface area contributed by atoms with Gasteiger partial charge in [0, 0.05) is 11.4 Å². The Morgan fingerprint density at radius 2 is 2.12 bits per heavy atom. The van der Waals surface area contributed by atoms with Gasteiger partial charge in [0.2, 0.25) is 0 Å². The van der Waals surface area contributed by atoms with Crippen molar-refractivity contribution in [3.8, 4) is 0 Å². The Kier molecular flexibility index (Phi) is 3.83. The number of aromatic nitrogens is 2. The van der Waals surface area contributed by atoms with E-state index in [4.69, 9.17) is 11.6 Å². The highest BCUT2D eigenvalue weighted by Crippen LogP contribution is 2.18. The second-order valence-electron chi connectivity index (χ2n) is 4.16. The van der Waals surface area contributed by atoms with Gasteiger partial charge in [-0.25, -0.2) is 4.98 Å². The molecule has 1 N–H and O–H groups in total. The van der Waals surface area contributed by atoms with Crippen molar-refractivity contribution < 1.29 is 0 Å². The minimum absolute atomic E-state index is 0.758. The Morgan fingerprint density at radius 3 is 2.94 bits per heavy atom. The summed E-state index contributed by atoms with van der Waals surface area (Å²) in [5.74, 6) is 1.08. The Morgan fingerprint density at radius 1 is 1.25 bits per heavy atom. The summed E-state index contributed by atoms with van der Waals surface area (Å²) in [5.41, 5.74) is 2.05. The standard InChI is InChI=1S/C13H17ClN2/c1-2-3-4-5-6-13-15-11-8-7-10(14)9-12(11)16-13/h7-9H,2-6H2,1H3,(H,15,16). The van der Waals surface area contributed by atoms with Gasteiger partial charge in [-0.05, 0) is 24.6 Å². The van der Waals surface area contributed by atoms with Crippen molar-refractivity contribution in [1.29, 1.82) is 0 Å². The van der Waals surface area contributed by atoms with Crippen molar-refractivity contribution in [2.45, 2.75) is 39.0 Å². The molecule has 0 atom stereocenters. The fraction of sp³-hybridized carbons (Fsp3) is 0.462. The average molecular weight is 237 g/mol. The molecular weight excluding hydrogens is 220 g/mol. The van der Waals surface area contributed by atoms with E-state index in [2.05, 4.69) is 16.9 Å². The van der Waals surface area contributed by atoms with Gasteiger partial charge in [-0.2, -0.15) is 0 Å². The van der Waals surface area contributed by atoms with Crippen LogP contribution < -0.4 is 0 Å². The minimum atomic E-state index is 0.758. The zero-order valence-corrected chi connectivity index (χ0v) is 10.3. The third-order valence-corrected chi connectivity index (χ3v) is 3.00. The molecule has 0 unspecified atom stereocenters. The summed E-state index contributed by atoms with van der Waals surface area (Å²) in [6, 6.07) is 5.77. The van der Waals surface area contributed by atoms with E-state index in [1.165, 1.54) is 25.7 Å². The summed E-state index contributed by atoms with van der Waals surface area (Å²) in [7, 11) is 0. The van der Waals surface area contributed by atoms with Crippen LogP contribution in [0.15, 0.2) is 18.2 Å². The number of aryl methyl sites for hydroxylation is 1. The van der Waals surface area contributed by atoms with Crippen LogP contribution in [-0.2, 0) is 6.42 Å². The molecule has 86 valence electrons. The van der Waals surface area contributed by atoms with Gasteiger partial charge in [-0.1, -0.05) is 37.8 Å². The lowest BCUT2D eigenvalue weighted by Crippen LogP contribution is -1.87. The third kappa shape index (κ3) is 2.76. The Labute approximate surface area is 101 Å². The second-order valence-corrected chi connectivity index (χ2v) is 4.59. The maximum Gasteiger partial charge on any atom is 0.107 e. The highest BCUT2D eigenvalue weighted by molar-refractivity contribution is 6.31. The average Bonchev–Trinajstić information content (AvgIpc) is 2.66. The molecule has 1 heterocycles. The second kappa shape index (κ2) is 5.35. The summed E-state index contributed by atoms with van der Waals surface area (Å²) in [4.78, 5) is 7.86. The molecule has 16 heavy (non-hydrogen) atoms. The van der Waals surface area contributed by atoms with Gasteiger partial charge >= 0.3 is 0 Å². The van der Waals surface area contributed by atoms with Gasteiger partial charge in [0.15, 0.2) is 0 Å². The number of fused-ring (bicyclic) bond motifs is 1. The molecule has 0 fully saturated rings. The van der Waals surface area contributed by atoms with E-state index in [9.17, 15) is 0 Å². The van der Waals surface area contributed by atoms with Crippen molar-refractivity contribution in [3.63, 3.8) is 0 Å². The molecular formula is C13H17ClN2. The summed E-state index contributed by atoms with van der Waals surface area (Å²) in [6.45, 7) is 2.23. The van der Waals surface area contributed by atoms with Crippen molar-refractivity contribution in [2.24, 2.45) is 0 Å². The van der Waals surface area contributed by atoms with Crippen LogP contribution in [0.3, 0.4) is 0 Å². The number of hydrogen-bond acceptors (Lipinski definition) is 1.